The Bertz CT molecular complexity index is 491. The van der Waals surface area contributed by atoms with E-state index < -0.39 is 0 Å². The Balaban J connectivity index is 2.50. The first-order valence-electron chi connectivity index (χ1n) is 7.17. The van der Waals surface area contributed by atoms with E-state index in [-0.39, 0.29) is 18.4 Å². The van der Waals surface area contributed by atoms with E-state index in [0.29, 0.717) is 25.3 Å². The number of hydrogen-bond acceptors (Lipinski definition) is 4. The highest BCUT2D eigenvalue weighted by Crippen LogP contribution is 2.08. The van der Waals surface area contributed by atoms with Crippen LogP contribution in [0.2, 0.25) is 0 Å². The molecule has 0 saturated carbocycles. The predicted octanol–water partition coefficient (Wildman–Crippen LogP) is 1.06. The van der Waals surface area contributed by atoms with Crippen molar-refractivity contribution in [3.63, 3.8) is 0 Å². The number of likely N-dealkylation sites (N-methyl/N-ethyl adjacent to an activating group) is 1. The highest BCUT2D eigenvalue weighted by molar-refractivity contribution is 5.96. The molecule has 0 unspecified atom stereocenters. The molecule has 6 heteroatoms. The molecule has 0 aliphatic carbocycles. The monoisotopic (exact) mass is 308 g/mol. The lowest BCUT2D eigenvalue weighted by atomic mass is 10.1. The fraction of sp³-hybridized carbons (Fsp3) is 0.500. The van der Waals surface area contributed by atoms with Crippen LogP contribution in [-0.2, 0) is 20.9 Å². The molecule has 1 N–H and O–H groups in total. The van der Waals surface area contributed by atoms with Crippen molar-refractivity contribution in [2.45, 2.75) is 13.0 Å². The molecule has 0 spiro atoms. The van der Waals surface area contributed by atoms with Gasteiger partial charge in [0.05, 0.1) is 13.2 Å². The van der Waals surface area contributed by atoms with Crippen LogP contribution in [0.5, 0.6) is 0 Å². The Kier molecular flexibility index (Phi) is 8.17. The van der Waals surface area contributed by atoms with Crippen molar-refractivity contribution in [1.29, 1.82) is 0 Å². The number of hydrogen-bond donors (Lipinski definition) is 1. The average Bonchev–Trinajstić information content (AvgIpc) is 2.51. The van der Waals surface area contributed by atoms with Crippen molar-refractivity contribution in [3.05, 3.63) is 35.4 Å². The molecule has 0 aliphatic rings. The van der Waals surface area contributed by atoms with Gasteiger partial charge >= 0.3 is 0 Å². The second-order valence-corrected chi connectivity index (χ2v) is 4.99. The van der Waals surface area contributed by atoms with Crippen LogP contribution in [0.4, 0.5) is 0 Å². The molecule has 1 rings (SSSR count). The highest BCUT2D eigenvalue weighted by atomic mass is 16.5. The number of methoxy groups -OCH3 is 2. The van der Waals surface area contributed by atoms with Gasteiger partial charge < -0.3 is 19.7 Å². The minimum absolute atomic E-state index is 0.0281. The largest absolute Gasteiger partial charge is 0.385 e. The number of rotatable bonds is 9. The third-order valence-electron chi connectivity index (χ3n) is 3.06. The van der Waals surface area contributed by atoms with E-state index in [9.17, 15) is 9.59 Å². The Morgan fingerprint density at radius 3 is 2.68 bits per heavy atom. The highest BCUT2D eigenvalue weighted by Gasteiger charge is 2.15. The third kappa shape index (κ3) is 6.24. The normalized spacial score (nSPS) is 10.3. The Hall–Kier alpha value is -1.92. The summed E-state index contributed by atoms with van der Waals surface area (Å²) < 4.78 is 9.96. The third-order valence-corrected chi connectivity index (χ3v) is 3.06. The topological polar surface area (TPSA) is 67.9 Å². The number of nitrogens with one attached hydrogen (secondary N) is 1. The van der Waals surface area contributed by atoms with Gasteiger partial charge in [-0.1, -0.05) is 12.1 Å². The number of ether oxygens (including phenoxy) is 2. The van der Waals surface area contributed by atoms with E-state index in [0.717, 1.165) is 12.0 Å². The van der Waals surface area contributed by atoms with Crippen LogP contribution >= 0.6 is 0 Å². The molecule has 0 heterocycles. The van der Waals surface area contributed by atoms with Gasteiger partial charge in [-0.25, -0.2) is 0 Å². The molecular formula is C16H24N2O4. The summed E-state index contributed by atoms with van der Waals surface area (Å²) in [5, 5.41) is 2.75. The van der Waals surface area contributed by atoms with Gasteiger partial charge in [-0.15, -0.1) is 0 Å². The van der Waals surface area contributed by atoms with Gasteiger partial charge in [0.25, 0.3) is 5.91 Å². The van der Waals surface area contributed by atoms with E-state index in [1.165, 1.54) is 4.90 Å². The predicted molar refractivity (Wildman–Crippen MR) is 83.6 cm³/mol. The molecule has 0 bridgehead atoms. The van der Waals surface area contributed by atoms with Crippen LogP contribution in [0, 0.1) is 0 Å². The molecule has 2 amide bonds. The summed E-state index contributed by atoms with van der Waals surface area (Å²) in [7, 11) is 4.83. The lowest BCUT2D eigenvalue weighted by molar-refractivity contribution is -0.121. The SMILES string of the molecule is COCCCNC(=O)CN(C)C(=O)c1cccc(COC)c1. The number of benzene rings is 1. The molecule has 0 radical (unpaired) electrons. The molecule has 0 saturated heterocycles. The fourth-order valence-corrected chi connectivity index (χ4v) is 1.97. The van der Waals surface area contributed by atoms with Crippen molar-refractivity contribution in [3.8, 4) is 0 Å². The van der Waals surface area contributed by atoms with E-state index in [4.69, 9.17) is 9.47 Å². The molecule has 6 nitrogen and oxygen atoms in total. The van der Waals surface area contributed by atoms with Crippen molar-refractivity contribution in [1.82, 2.24) is 10.2 Å². The summed E-state index contributed by atoms with van der Waals surface area (Å²) in [4.78, 5) is 25.5. The molecule has 0 aromatic heterocycles. The number of amides is 2. The average molecular weight is 308 g/mol. The number of carbonyl (C=O) groups is 2. The molecular weight excluding hydrogens is 284 g/mol. The first-order chi connectivity index (χ1) is 10.6. The minimum Gasteiger partial charge on any atom is -0.385 e. The second-order valence-electron chi connectivity index (χ2n) is 4.99. The summed E-state index contributed by atoms with van der Waals surface area (Å²) in [6.45, 7) is 1.62. The maximum atomic E-state index is 12.3. The van der Waals surface area contributed by atoms with Gasteiger partial charge in [-0.3, -0.25) is 9.59 Å². The van der Waals surface area contributed by atoms with Crippen LogP contribution in [0.3, 0.4) is 0 Å². The number of nitrogens with zero attached hydrogens (tertiary/aromatic N) is 1. The van der Waals surface area contributed by atoms with Gasteiger partial charge in [0.1, 0.15) is 0 Å². The smallest absolute Gasteiger partial charge is 0.254 e. The zero-order chi connectivity index (χ0) is 16.4. The second kappa shape index (κ2) is 9.92. The first-order valence-corrected chi connectivity index (χ1v) is 7.17. The van der Waals surface area contributed by atoms with Crippen molar-refractivity contribution in [2.24, 2.45) is 0 Å². The van der Waals surface area contributed by atoms with Gasteiger partial charge in [0.2, 0.25) is 5.91 Å². The van der Waals surface area contributed by atoms with Gasteiger partial charge in [0.15, 0.2) is 0 Å². The van der Waals surface area contributed by atoms with Gasteiger partial charge in [-0.05, 0) is 24.1 Å². The standard InChI is InChI=1S/C16H24N2O4/c1-18(11-15(19)17-8-5-9-21-2)16(20)14-7-4-6-13(10-14)12-22-3/h4,6-7,10H,5,8-9,11-12H2,1-3H3,(H,17,19). The Morgan fingerprint density at radius 1 is 1.23 bits per heavy atom. The molecule has 1 aromatic carbocycles. The van der Waals surface area contributed by atoms with E-state index in [2.05, 4.69) is 5.32 Å². The van der Waals surface area contributed by atoms with E-state index >= 15 is 0 Å². The first kappa shape index (κ1) is 18.1. The van der Waals surface area contributed by atoms with E-state index in [1.54, 1.807) is 39.5 Å². The van der Waals surface area contributed by atoms with Gasteiger partial charge in [0, 0.05) is 40.0 Å². The van der Waals surface area contributed by atoms with Crippen LogP contribution in [0.25, 0.3) is 0 Å². The maximum Gasteiger partial charge on any atom is 0.254 e. The van der Waals surface area contributed by atoms with Crippen LogP contribution in [0.1, 0.15) is 22.3 Å². The fourth-order valence-electron chi connectivity index (χ4n) is 1.97. The quantitative estimate of drug-likeness (QED) is 0.693. The lowest BCUT2D eigenvalue weighted by Gasteiger charge is -2.17. The molecule has 0 atom stereocenters. The van der Waals surface area contributed by atoms with E-state index in [1.807, 2.05) is 6.07 Å². The van der Waals surface area contributed by atoms with Crippen LogP contribution in [-0.4, -0.2) is 57.7 Å². The van der Waals surface area contributed by atoms with Crippen molar-refractivity contribution in [2.75, 3.05) is 41.0 Å². The Morgan fingerprint density at radius 2 is 2.00 bits per heavy atom. The van der Waals surface area contributed by atoms with Crippen molar-refractivity contribution < 1.29 is 19.1 Å². The minimum atomic E-state index is -0.190. The Labute approximate surface area is 131 Å². The molecule has 22 heavy (non-hydrogen) atoms. The zero-order valence-electron chi connectivity index (χ0n) is 13.4. The molecule has 1 aromatic rings. The van der Waals surface area contributed by atoms with Crippen LogP contribution < -0.4 is 5.32 Å². The summed E-state index contributed by atoms with van der Waals surface area (Å²) in [5.74, 6) is -0.370. The summed E-state index contributed by atoms with van der Waals surface area (Å²) in [6, 6.07) is 7.20. The molecule has 0 aliphatic heterocycles. The van der Waals surface area contributed by atoms with Gasteiger partial charge in [-0.2, -0.15) is 0 Å². The summed E-state index contributed by atoms with van der Waals surface area (Å²) >= 11 is 0. The lowest BCUT2D eigenvalue weighted by Crippen LogP contribution is -2.38. The number of carbonyl (C=O) groups excluding carboxylic acids is 2. The van der Waals surface area contributed by atoms with Crippen LogP contribution in [0.15, 0.2) is 24.3 Å². The zero-order valence-corrected chi connectivity index (χ0v) is 13.4. The molecule has 0 fully saturated rings. The summed E-state index contributed by atoms with van der Waals surface area (Å²) in [6.07, 6.45) is 0.749. The maximum absolute atomic E-state index is 12.3. The summed E-state index contributed by atoms with van der Waals surface area (Å²) in [5.41, 5.74) is 1.47. The molecule has 122 valence electrons. The van der Waals surface area contributed by atoms with Crippen molar-refractivity contribution >= 4 is 11.8 Å².